The van der Waals surface area contributed by atoms with E-state index < -0.39 is 0 Å². The third-order valence-corrected chi connectivity index (χ3v) is 5.14. The third kappa shape index (κ3) is 3.67. The summed E-state index contributed by atoms with van der Waals surface area (Å²) in [6, 6.07) is 5.72. The minimum absolute atomic E-state index is 0.0255. The summed E-state index contributed by atoms with van der Waals surface area (Å²) in [5, 5.41) is 0. The van der Waals surface area contributed by atoms with Crippen LogP contribution < -0.4 is 0 Å². The van der Waals surface area contributed by atoms with Crippen LogP contribution in [0.5, 0.6) is 0 Å². The van der Waals surface area contributed by atoms with Crippen molar-refractivity contribution in [2.75, 3.05) is 0 Å². The number of fused-ring (bicyclic) bond motifs is 1. The van der Waals surface area contributed by atoms with Gasteiger partial charge in [-0.2, -0.15) is 0 Å². The van der Waals surface area contributed by atoms with Gasteiger partial charge < -0.3 is 0 Å². The standard InChI is InChI=1S/C20H31F/c1-5-10-20(11-6-2)13-16(12-15(3)4)17-8-7-9-19(21)18(17)14-20/h7-9,15-16H,5-6,10-14H2,1-4H3. The number of halogens is 1. The Hall–Kier alpha value is -0.850. The van der Waals surface area contributed by atoms with E-state index in [9.17, 15) is 4.39 Å². The van der Waals surface area contributed by atoms with Crippen molar-refractivity contribution in [1.82, 2.24) is 0 Å². The average molecular weight is 290 g/mol. The SMILES string of the molecule is CCCC1(CCC)Cc2c(F)cccc2C(CC(C)C)C1. The molecule has 21 heavy (non-hydrogen) atoms. The van der Waals surface area contributed by atoms with Crippen molar-refractivity contribution < 1.29 is 4.39 Å². The van der Waals surface area contributed by atoms with Crippen LogP contribution in [-0.2, 0) is 6.42 Å². The molecule has 1 aromatic carbocycles. The molecule has 0 spiro atoms. The monoisotopic (exact) mass is 290 g/mol. The molecule has 0 aliphatic heterocycles. The van der Waals surface area contributed by atoms with Gasteiger partial charge in [0.05, 0.1) is 0 Å². The molecule has 0 saturated carbocycles. The van der Waals surface area contributed by atoms with Crippen molar-refractivity contribution in [2.24, 2.45) is 11.3 Å². The Morgan fingerprint density at radius 1 is 1.19 bits per heavy atom. The molecule has 0 aromatic heterocycles. The zero-order valence-corrected chi connectivity index (χ0v) is 14.2. The van der Waals surface area contributed by atoms with Crippen LogP contribution in [0.2, 0.25) is 0 Å². The summed E-state index contributed by atoms with van der Waals surface area (Å²) in [5.41, 5.74) is 2.65. The predicted octanol–water partition coefficient (Wildman–Crippen LogP) is 6.49. The quantitative estimate of drug-likeness (QED) is 0.562. The summed E-state index contributed by atoms with van der Waals surface area (Å²) >= 11 is 0. The van der Waals surface area contributed by atoms with E-state index in [0.717, 1.165) is 12.0 Å². The fourth-order valence-electron chi connectivity index (χ4n) is 4.57. The van der Waals surface area contributed by atoms with E-state index in [-0.39, 0.29) is 5.82 Å². The lowest BCUT2D eigenvalue weighted by Crippen LogP contribution is -2.32. The van der Waals surface area contributed by atoms with Gasteiger partial charge in [-0.05, 0) is 66.5 Å². The van der Waals surface area contributed by atoms with Gasteiger partial charge in [0.1, 0.15) is 5.82 Å². The van der Waals surface area contributed by atoms with Crippen LogP contribution in [0.1, 0.15) is 83.3 Å². The summed E-state index contributed by atoms with van der Waals surface area (Å²) in [5.74, 6) is 1.24. The molecule has 1 aromatic rings. The molecule has 0 heterocycles. The Morgan fingerprint density at radius 3 is 2.43 bits per heavy atom. The Morgan fingerprint density at radius 2 is 1.86 bits per heavy atom. The van der Waals surface area contributed by atoms with Gasteiger partial charge in [0.15, 0.2) is 0 Å². The van der Waals surface area contributed by atoms with Crippen molar-refractivity contribution in [2.45, 2.75) is 78.6 Å². The number of hydrogen-bond acceptors (Lipinski definition) is 0. The minimum Gasteiger partial charge on any atom is -0.207 e. The van der Waals surface area contributed by atoms with Crippen LogP contribution in [0, 0.1) is 17.2 Å². The van der Waals surface area contributed by atoms with Crippen molar-refractivity contribution in [1.29, 1.82) is 0 Å². The molecular formula is C20H31F. The maximum Gasteiger partial charge on any atom is 0.126 e. The molecule has 0 fully saturated rings. The van der Waals surface area contributed by atoms with Gasteiger partial charge in [-0.15, -0.1) is 0 Å². The minimum atomic E-state index is 0.0255. The van der Waals surface area contributed by atoms with E-state index in [1.165, 1.54) is 44.1 Å². The maximum absolute atomic E-state index is 14.4. The largest absolute Gasteiger partial charge is 0.207 e. The highest BCUT2D eigenvalue weighted by Gasteiger charge is 2.38. The molecule has 0 nitrogen and oxygen atoms in total. The van der Waals surface area contributed by atoms with Crippen LogP contribution in [-0.4, -0.2) is 0 Å². The molecule has 0 N–H and O–H groups in total. The molecule has 0 amide bonds. The van der Waals surface area contributed by atoms with E-state index >= 15 is 0 Å². The zero-order valence-electron chi connectivity index (χ0n) is 14.2. The summed E-state index contributed by atoms with van der Waals surface area (Å²) < 4.78 is 14.4. The Balaban J connectivity index is 2.40. The predicted molar refractivity (Wildman–Crippen MR) is 89.2 cm³/mol. The lowest BCUT2D eigenvalue weighted by Gasteiger charge is -2.43. The van der Waals surface area contributed by atoms with E-state index in [1.807, 2.05) is 6.07 Å². The van der Waals surface area contributed by atoms with Crippen molar-refractivity contribution >= 4 is 0 Å². The first-order valence-corrected chi connectivity index (χ1v) is 8.78. The Bertz CT molecular complexity index is 455. The molecule has 1 aliphatic rings. The van der Waals surface area contributed by atoms with Crippen molar-refractivity contribution in [3.8, 4) is 0 Å². The molecule has 118 valence electrons. The molecule has 0 saturated heterocycles. The van der Waals surface area contributed by atoms with Crippen LogP contribution in [0.4, 0.5) is 4.39 Å². The second-order valence-corrected chi connectivity index (χ2v) is 7.51. The van der Waals surface area contributed by atoms with Gasteiger partial charge in [0, 0.05) is 0 Å². The molecular weight excluding hydrogens is 259 g/mol. The maximum atomic E-state index is 14.4. The van der Waals surface area contributed by atoms with E-state index in [1.54, 1.807) is 6.07 Å². The molecule has 1 aliphatic carbocycles. The van der Waals surface area contributed by atoms with E-state index in [2.05, 4.69) is 33.8 Å². The van der Waals surface area contributed by atoms with Gasteiger partial charge in [-0.3, -0.25) is 0 Å². The van der Waals surface area contributed by atoms with Gasteiger partial charge in [-0.1, -0.05) is 52.7 Å². The number of rotatable bonds is 6. The highest BCUT2D eigenvalue weighted by Crippen LogP contribution is 2.50. The molecule has 0 radical (unpaired) electrons. The summed E-state index contributed by atoms with van der Waals surface area (Å²) in [6.07, 6.45) is 8.28. The zero-order chi connectivity index (χ0) is 15.5. The van der Waals surface area contributed by atoms with Crippen molar-refractivity contribution in [3.05, 3.63) is 35.1 Å². The van der Waals surface area contributed by atoms with Crippen molar-refractivity contribution in [3.63, 3.8) is 0 Å². The van der Waals surface area contributed by atoms with Gasteiger partial charge in [-0.25, -0.2) is 4.39 Å². The van der Waals surface area contributed by atoms with Crippen LogP contribution in [0.3, 0.4) is 0 Å². The second kappa shape index (κ2) is 6.94. The average Bonchev–Trinajstić information content (AvgIpc) is 2.40. The van der Waals surface area contributed by atoms with Gasteiger partial charge >= 0.3 is 0 Å². The van der Waals surface area contributed by atoms with E-state index in [0.29, 0.717) is 17.3 Å². The first kappa shape index (κ1) is 16.5. The smallest absolute Gasteiger partial charge is 0.126 e. The van der Waals surface area contributed by atoms with Gasteiger partial charge in [0.2, 0.25) is 0 Å². The molecule has 1 heteroatoms. The summed E-state index contributed by atoms with van der Waals surface area (Å²) in [6.45, 7) is 9.11. The third-order valence-electron chi connectivity index (χ3n) is 5.14. The molecule has 1 unspecified atom stereocenters. The fraction of sp³-hybridized carbons (Fsp3) is 0.700. The first-order chi connectivity index (χ1) is 10.0. The van der Waals surface area contributed by atoms with Crippen LogP contribution in [0.15, 0.2) is 18.2 Å². The summed E-state index contributed by atoms with van der Waals surface area (Å²) in [7, 11) is 0. The highest BCUT2D eigenvalue weighted by molar-refractivity contribution is 5.35. The normalized spacial score (nSPS) is 20.6. The molecule has 1 atom stereocenters. The van der Waals surface area contributed by atoms with E-state index in [4.69, 9.17) is 0 Å². The highest BCUT2D eigenvalue weighted by atomic mass is 19.1. The fourth-order valence-corrected chi connectivity index (χ4v) is 4.57. The number of benzene rings is 1. The topological polar surface area (TPSA) is 0 Å². The van der Waals surface area contributed by atoms with Gasteiger partial charge in [0.25, 0.3) is 0 Å². The van der Waals surface area contributed by atoms with Crippen LogP contribution >= 0.6 is 0 Å². The summed E-state index contributed by atoms with van der Waals surface area (Å²) in [4.78, 5) is 0. The Labute approximate surface area is 130 Å². The number of hydrogen-bond donors (Lipinski definition) is 0. The van der Waals surface area contributed by atoms with Crippen LogP contribution in [0.25, 0.3) is 0 Å². The lowest BCUT2D eigenvalue weighted by molar-refractivity contribution is 0.169. The molecule has 0 bridgehead atoms. The second-order valence-electron chi connectivity index (χ2n) is 7.51. The molecule has 2 rings (SSSR count). The first-order valence-electron chi connectivity index (χ1n) is 8.78. The Kier molecular flexibility index (Phi) is 5.46. The lowest BCUT2D eigenvalue weighted by atomic mass is 9.62.